The first-order valence-corrected chi connectivity index (χ1v) is 9.74. The third-order valence-electron chi connectivity index (χ3n) is 4.83. The maximum atomic E-state index is 9.12. The molecule has 0 amide bonds. The third kappa shape index (κ3) is 16.8. The van der Waals surface area contributed by atoms with Crippen LogP contribution in [-0.2, 0) is 0 Å². The van der Waals surface area contributed by atoms with Crippen molar-refractivity contribution in [3.05, 3.63) is 0 Å². The van der Waals surface area contributed by atoms with Crippen LogP contribution < -0.4 is 12.4 Å². The average molecular weight is 352 g/mol. The molecule has 3 nitrogen and oxygen atoms in total. The first-order chi connectivity index (χ1) is 10.7. The lowest BCUT2D eigenvalue weighted by molar-refractivity contribution is -0.910. The van der Waals surface area contributed by atoms with Crippen molar-refractivity contribution in [1.82, 2.24) is 0 Å². The first-order valence-electron chi connectivity index (χ1n) is 9.74. The fraction of sp³-hybridized carbons (Fsp3) is 1.00. The Morgan fingerprint density at radius 2 is 0.913 bits per heavy atom. The van der Waals surface area contributed by atoms with Gasteiger partial charge in [-0.2, -0.15) is 0 Å². The van der Waals surface area contributed by atoms with E-state index in [1.54, 1.807) is 0 Å². The number of hydrogen-bond acceptors (Lipinski definition) is 2. The summed E-state index contributed by atoms with van der Waals surface area (Å²) in [7, 11) is 2.14. The summed E-state index contributed by atoms with van der Waals surface area (Å²) in [5.41, 5.74) is 0. The number of aliphatic hydroxyl groups is 2. The Bertz CT molecular complexity index is 221. The van der Waals surface area contributed by atoms with E-state index in [2.05, 4.69) is 14.0 Å². The molecule has 0 atom stereocenters. The molecule has 142 valence electrons. The first kappa shape index (κ1) is 25.4. The Hall–Kier alpha value is 0.170. The molecule has 0 spiro atoms. The topological polar surface area (TPSA) is 40.5 Å². The van der Waals surface area contributed by atoms with Gasteiger partial charge in [-0.3, -0.25) is 0 Å². The van der Waals surface area contributed by atoms with Crippen molar-refractivity contribution in [2.75, 3.05) is 39.9 Å². The Morgan fingerprint density at radius 3 is 1.26 bits per heavy atom. The van der Waals surface area contributed by atoms with E-state index >= 15 is 0 Å². The Kier molecular flexibility index (Phi) is 20.4. The van der Waals surface area contributed by atoms with Gasteiger partial charge in [0.25, 0.3) is 0 Å². The van der Waals surface area contributed by atoms with E-state index in [1.807, 2.05) is 0 Å². The molecule has 0 unspecified atom stereocenters. The van der Waals surface area contributed by atoms with E-state index in [0.29, 0.717) is 0 Å². The summed E-state index contributed by atoms with van der Waals surface area (Å²) in [6.45, 7) is 5.31. The smallest absolute Gasteiger partial charge is 0.102 e. The highest BCUT2D eigenvalue weighted by molar-refractivity contribution is 4.49. The highest BCUT2D eigenvalue weighted by Crippen LogP contribution is 2.13. The molecule has 0 saturated carbocycles. The van der Waals surface area contributed by atoms with Crippen molar-refractivity contribution in [2.24, 2.45) is 0 Å². The van der Waals surface area contributed by atoms with Crippen LogP contribution in [0.1, 0.15) is 84.0 Å². The summed E-state index contributed by atoms with van der Waals surface area (Å²) in [6.07, 6.45) is 16.5. The minimum Gasteiger partial charge on any atom is -1.00 e. The van der Waals surface area contributed by atoms with E-state index in [-0.39, 0.29) is 25.6 Å². The normalized spacial score (nSPS) is 11.5. The van der Waals surface area contributed by atoms with Crippen molar-refractivity contribution < 1.29 is 27.1 Å². The van der Waals surface area contributed by atoms with E-state index < -0.39 is 0 Å². The van der Waals surface area contributed by atoms with Gasteiger partial charge < -0.3 is 27.1 Å². The standard InChI is InChI=1S/C19H42NO2.ClH/c1-3-4-5-6-7-8-9-10-11-12-13-14-15-20(2,16-18-21)17-19-22;/h21-22H,3-19H2,1-2H3;1H/q+1;/p-1. The molecule has 2 N–H and O–H groups in total. The summed E-state index contributed by atoms with van der Waals surface area (Å²) in [6, 6.07) is 0. The summed E-state index contributed by atoms with van der Waals surface area (Å²) >= 11 is 0. The maximum absolute atomic E-state index is 9.12. The zero-order chi connectivity index (χ0) is 16.5. The number of unbranched alkanes of at least 4 members (excludes halogenated alkanes) is 11. The van der Waals surface area contributed by atoms with E-state index in [0.717, 1.165) is 24.1 Å². The number of nitrogens with zero attached hydrogens (tertiary/aromatic N) is 1. The molecular weight excluding hydrogens is 310 g/mol. The molecule has 0 saturated heterocycles. The Morgan fingerprint density at radius 1 is 0.565 bits per heavy atom. The zero-order valence-electron chi connectivity index (χ0n) is 15.7. The van der Waals surface area contributed by atoms with Gasteiger partial charge in [0.2, 0.25) is 0 Å². The molecule has 23 heavy (non-hydrogen) atoms. The molecule has 0 aliphatic rings. The number of hydrogen-bond donors (Lipinski definition) is 2. The molecule has 0 aliphatic carbocycles. The van der Waals surface area contributed by atoms with Crippen LogP contribution in [0.15, 0.2) is 0 Å². The van der Waals surface area contributed by atoms with Crippen LogP contribution in [0.3, 0.4) is 0 Å². The molecule has 0 aromatic rings. The monoisotopic (exact) mass is 351 g/mol. The molecular formula is C19H42ClNO2. The van der Waals surface area contributed by atoms with Gasteiger partial charge in [0.05, 0.1) is 26.8 Å². The molecule has 0 aromatic carbocycles. The van der Waals surface area contributed by atoms with Crippen molar-refractivity contribution in [3.63, 3.8) is 0 Å². The van der Waals surface area contributed by atoms with E-state index in [9.17, 15) is 0 Å². The molecule has 4 heteroatoms. The number of rotatable bonds is 17. The second-order valence-electron chi connectivity index (χ2n) is 7.13. The molecule has 0 bridgehead atoms. The number of quaternary nitrogens is 1. The van der Waals surface area contributed by atoms with Crippen LogP contribution in [0, 0.1) is 0 Å². The summed E-state index contributed by atoms with van der Waals surface area (Å²) in [5, 5.41) is 18.2. The quantitative estimate of drug-likeness (QED) is 0.304. The van der Waals surface area contributed by atoms with E-state index in [1.165, 1.54) is 77.0 Å². The summed E-state index contributed by atoms with van der Waals surface area (Å²) in [4.78, 5) is 0. The van der Waals surface area contributed by atoms with Gasteiger partial charge in [-0.1, -0.05) is 71.1 Å². The van der Waals surface area contributed by atoms with Gasteiger partial charge >= 0.3 is 0 Å². The van der Waals surface area contributed by atoms with Gasteiger partial charge in [-0.25, -0.2) is 0 Å². The lowest BCUT2D eigenvalue weighted by Gasteiger charge is -2.33. The maximum Gasteiger partial charge on any atom is 0.102 e. The number of likely N-dealkylation sites (N-methyl/N-ethyl adjacent to an activating group) is 1. The van der Waals surface area contributed by atoms with Gasteiger partial charge in [0.15, 0.2) is 0 Å². The predicted octanol–water partition coefficient (Wildman–Crippen LogP) is 1.12. The number of aliphatic hydroxyl groups excluding tert-OH is 2. The van der Waals surface area contributed by atoms with Crippen LogP contribution in [-0.4, -0.2) is 54.6 Å². The fourth-order valence-corrected chi connectivity index (χ4v) is 3.15. The van der Waals surface area contributed by atoms with Crippen molar-refractivity contribution >= 4 is 0 Å². The molecule has 0 fully saturated rings. The minimum atomic E-state index is 0. The molecule has 0 aliphatic heterocycles. The molecule has 0 aromatic heterocycles. The van der Waals surface area contributed by atoms with Crippen LogP contribution in [0.2, 0.25) is 0 Å². The Labute approximate surface area is 151 Å². The summed E-state index contributed by atoms with van der Waals surface area (Å²) in [5.74, 6) is 0. The van der Waals surface area contributed by atoms with Gasteiger partial charge in [-0.15, -0.1) is 0 Å². The average Bonchev–Trinajstić information content (AvgIpc) is 2.49. The van der Waals surface area contributed by atoms with Crippen molar-refractivity contribution in [3.8, 4) is 0 Å². The van der Waals surface area contributed by atoms with E-state index in [4.69, 9.17) is 10.2 Å². The van der Waals surface area contributed by atoms with Crippen molar-refractivity contribution in [2.45, 2.75) is 84.0 Å². The third-order valence-corrected chi connectivity index (χ3v) is 4.83. The second-order valence-corrected chi connectivity index (χ2v) is 7.13. The van der Waals surface area contributed by atoms with Gasteiger partial charge in [-0.05, 0) is 12.8 Å². The predicted molar refractivity (Wildman–Crippen MR) is 96.0 cm³/mol. The second kappa shape index (κ2) is 18.5. The molecule has 0 heterocycles. The van der Waals surface area contributed by atoms with Crippen molar-refractivity contribution in [1.29, 1.82) is 0 Å². The summed E-state index contributed by atoms with van der Waals surface area (Å²) < 4.78 is 0.810. The fourth-order valence-electron chi connectivity index (χ4n) is 3.15. The van der Waals surface area contributed by atoms with Gasteiger partial charge in [0, 0.05) is 0 Å². The number of halogens is 1. The highest BCUT2D eigenvalue weighted by Gasteiger charge is 2.19. The molecule has 0 rings (SSSR count). The van der Waals surface area contributed by atoms with Crippen LogP contribution in [0.4, 0.5) is 0 Å². The lowest BCUT2D eigenvalue weighted by Crippen LogP contribution is -3.00. The largest absolute Gasteiger partial charge is 1.00 e. The van der Waals surface area contributed by atoms with Crippen LogP contribution in [0.5, 0.6) is 0 Å². The molecule has 0 radical (unpaired) electrons. The lowest BCUT2D eigenvalue weighted by atomic mass is 10.1. The minimum absolute atomic E-state index is 0. The van der Waals surface area contributed by atoms with Crippen LogP contribution >= 0.6 is 0 Å². The van der Waals surface area contributed by atoms with Gasteiger partial charge in [0.1, 0.15) is 13.1 Å². The SMILES string of the molecule is CCCCCCCCCCCCCC[N+](C)(CCO)CCO.[Cl-]. The zero-order valence-corrected chi connectivity index (χ0v) is 16.5. The Balaban J connectivity index is 0. The highest BCUT2D eigenvalue weighted by atomic mass is 35.5. The van der Waals surface area contributed by atoms with Crippen LogP contribution in [0.25, 0.3) is 0 Å².